The number of fused-ring (bicyclic) bond motifs is 1. The fourth-order valence-electron chi connectivity index (χ4n) is 3.27. The van der Waals surface area contributed by atoms with E-state index >= 15 is 0 Å². The maximum atomic E-state index is 12.6. The molecule has 1 fully saturated rings. The van der Waals surface area contributed by atoms with Crippen LogP contribution in [-0.4, -0.2) is 39.0 Å². The summed E-state index contributed by atoms with van der Waals surface area (Å²) in [7, 11) is 0. The van der Waals surface area contributed by atoms with Crippen molar-refractivity contribution in [1.29, 1.82) is 0 Å². The molecule has 0 radical (unpaired) electrons. The second-order valence-corrected chi connectivity index (χ2v) is 6.27. The van der Waals surface area contributed by atoms with Crippen molar-refractivity contribution in [2.45, 2.75) is 39.5 Å². The third kappa shape index (κ3) is 2.91. The number of hydrogen-bond donors (Lipinski definition) is 1. The topological polar surface area (TPSA) is 58.4 Å². The van der Waals surface area contributed by atoms with Gasteiger partial charge >= 0.3 is 0 Å². The van der Waals surface area contributed by atoms with Crippen molar-refractivity contribution in [1.82, 2.24) is 14.7 Å². The molecule has 0 bridgehead atoms. The number of likely N-dealkylation sites (tertiary alicyclic amines) is 1. The van der Waals surface area contributed by atoms with Crippen molar-refractivity contribution in [2.24, 2.45) is 5.92 Å². The van der Waals surface area contributed by atoms with Gasteiger partial charge in [-0.3, -0.25) is 9.69 Å². The number of nitrogens with zero attached hydrogens (tertiary/aromatic N) is 3. The first-order valence-electron chi connectivity index (χ1n) is 7.93. The SMILES string of the molecule is Cc1nn(CN2CCC(C(C)O)CC2)c(=O)c2ccccc12. The highest BCUT2D eigenvalue weighted by Crippen LogP contribution is 2.20. The van der Waals surface area contributed by atoms with Crippen molar-refractivity contribution < 1.29 is 5.11 Å². The van der Waals surface area contributed by atoms with Crippen molar-refractivity contribution in [3.8, 4) is 0 Å². The van der Waals surface area contributed by atoms with Gasteiger partial charge in [-0.05, 0) is 38.7 Å². The molecule has 5 heteroatoms. The summed E-state index contributed by atoms with van der Waals surface area (Å²) in [6.45, 7) is 6.12. The number of aromatic nitrogens is 2. The molecule has 5 nitrogen and oxygen atoms in total. The first-order chi connectivity index (χ1) is 10.6. The fraction of sp³-hybridized carbons (Fsp3) is 0.529. The molecule has 3 rings (SSSR count). The van der Waals surface area contributed by atoms with Crippen LogP contribution in [0.15, 0.2) is 29.1 Å². The van der Waals surface area contributed by atoms with Gasteiger partial charge in [-0.1, -0.05) is 18.2 Å². The second-order valence-electron chi connectivity index (χ2n) is 6.27. The number of benzene rings is 1. The van der Waals surface area contributed by atoms with Gasteiger partial charge in [-0.15, -0.1) is 0 Å². The van der Waals surface area contributed by atoms with Gasteiger partial charge < -0.3 is 5.11 Å². The van der Waals surface area contributed by atoms with Crippen molar-refractivity contribution in [2.75, 3.05) is 13.1 Å². The molecule has 1 aliphatic rings. The number of aliphatic hydroxyl groups is 1. The van der Waals surface area contributed by atoms with Crippen LogP contribution in [0.4, 0.5) is 0 Å². The van der Waals surface area contributed by atoms with Crippen LogP contribution in [-0.2, 0) is 6.67 Å². The molecule has 1 N–H and O–H groups in total. The standard InChI is InChI=1S/C17H23N3O2/c1-12-15-5-3-4-6-16(15)17(22)20(18-12)11-19-9-7-14(8-10-19)13(2)21/h3-6,13-14,21H,7-11H2,1-2H3. The zero-order valence-corrected chi connectivity index (χ0v) is 13.2. The van der Waals surface area contributed by atoms with E-state index in [-0.39, 0.29) is 11.7 Å². The third-order valence-electron chi connectivity index (χ3n) is 4.70. The van der Waals surface area contributed by atoms with Crippen LogP contribution in [0, 0.1) is 12.8 Å². The van der Waals surface area contributed by atoms with E-state index in [0.29, 0.717) is 12.6 Å². The molecule has 1 aliphatic heterocycles. The predicted octanol–water partition coefficient (Wildman–Crippen LogP) is 1.76. The monoisotopic (exact) mass is 301 g/mol. The van der Waals surface area contributed by atoms with Gasteiger partial charge in [-0.25, -0.2) is 4.68 Å². The fourth-order valence-corrected chi connectivity index (χ4v) is 3.27. The molecule has 1 saturated heterocycles. The molecule has 1 aromatic heterocycles. The van der Waals surface area contributed by atoms with E-state index in [1.165, 1.54) is 0 Å². The van der Waals surface area contributed by atoms with E-state index in [0.717, 1.165) is 42.4 Å². The van der Waals surface area contributed by atoms with E-state index < -0.39 is 0 Å². The second kappa shape index (κ2) is 6.18. The summed E-state index contributed by atoms with van der Waals surface area (Å²) in [5, 5.41) is 15.8. The Morgan fingerprint density at radius 1 is 1.27 bits per heavy atom. The molecule has 0 saturated carbocycles. The summed E-state index contributed by atoms with van der Waals surface area (Å²) in [6, 6.07) is 7.63. The lowest BCUT2D eigenvalue weighted by Gasteiger charge is -2.33. The van der Waals surface area contributed by atoms with Crippen molar-refractivity contribution in [3.63, 3.8) is 0 Å². The Morgan fingerprint density at radius 2 is 1.91 bits per heavy atom. The molecular weight excluding hydrogens is 278 g/mol. The Kier molecular flexibility index (Phi) is 4.27. The Labute approximate surface area is 130 Å². The molecule has 1 unspecified atom stereocenters. The highest BCUT2D eigenvalue weighted by molar-refractivity contribution is 5.83. The smallest absolute Gasteiger partial charge is 0.275 e. The average Bonchev–Trinajstić information content (AvgIpc) is 2.53. The van der Waals surface area contributed by atoms with E-state index in [1.807, 2.05) is 38.1 Å². The lowest BCUT2D eigenvalue weighted by Crippen LogP contribution is -2.41. The molecule has 0 aliphatic carbocycles. The number of rotatable bonds is 3. The maximum absolute atomic E-state index is 12.6. The van der Waals surface area contributed by atoms with E-state index in [9.17, 15) is 9.90 Å². The van der Waals surface area contributed by atoms with Crippen LogP contribution in [0.1, 0.15) is 25.5 Å². The molecule has 22 heavy (non-hydrogen) atoms. The number of piperidine rings is 1. The van der Waals surface area contributed by atoms with Gasteiger partial charge in [0.05, 0.1) is 23.9 Å². The van der Waals surface area contributed by atoms with Gasteiger partial charge in [0, 0.05) is 18.5 Å². The van der Waals surface area contributed by atoms with Gasteiger partial charge in [0.15, 0.2) is 0 Å². The Bertz CT molecular complexity index is 715. The molecule has 1 atom stereocenters. The molecule has 2 heterocycles. The van der Waals surface area contributed by atoms with Crippen LogP contribution in [0.2, 0.25) is 0 Å². The van der Waals surface area contributed by atoms with Gasteiger partial charge in [0.25, 0.3) is 5.56 Å². The summed E-state index contributed by atoms with van der Waals surface area (Å²) in [4.78, 5) is 14.8. The van der Waals surface area contributed by atoms with Crippen LogP contribution in [0.3, 0.4) is 0 Å². The summed E-state index contributed by atoms with van der Waals surface area (Å²) >= 11 is 0. The minimum atomic E-state index is -0.245. The normalized spacial score (nSPS) is 18.7. The largest absolute Gasteiger partial charge is 0.393 e. The van der Waals surface area contributed by atoms with Gasteiger partial charge in [0.2, 0.25) is 0 Å². The third-order valence-corrected chi connectivity index (χ3v) is 4.70. The highest BCUT2D eigenvalue weighted by atomic mass is 16.3. The molecule has 0 amide bonds. The minimum Gasteiger partial charge on any atom is -0.393 e. The summed E-state index contributed by atoms with van der Waals surface area (Å²) in [5.41, 5.74) is 0.855. The van der Waals surface area contributed by atoms with Gasteiger partial charge in [-0.2, -0.15) is 5.10 Å². The molecule has 0 spiro atoms. The zero-order chi connectivity index (χ0) is 15.7. The predicted molar refractivity (Wildman–Crippen MR) is 86.7 cm³/mol. The molecule has 1 aromatic carbocycles. The van der Waals surface area contributed by atoms with Crippen molar-refractivity contribution in [3.05, 3.63) is 40.3 Å². The highest BCUT2D eigenvalue weighted by Gasteiger charge is 2.23. The maximum Gasteiger partial charge on any atom is 0.275 e. The molecular formula is C17H23N3O2. The van der Waals surface area contributed by atoms with Gasteiger partial charge in [0.1, 0.15) is 0 Å². The number of aliphatic hydroxyl groups excluding tert-OH is 1. The Hall–Kier alpha value is -1.72. The van der Waals surface area contributed by atoms with Crippen LogP contribution >= 0.6 is 0 Å². The first-order valence-corrected chi connectivity index (χ1v) is 7.93. The number of aryl methyl sites for hydroxylation is 1. The summed E-state index contributed by atoms with van der Waals surface area (Å²) < 4.78 is 1.57. The number of hydrogen-bond acceptors (Lipinski definition) is 4. The van der Waals surface area contributed by atoms with E-state index in [1.54, 1.807) is 4.68 Å². The van der Waals surface area contributed by atoms with Crippen molar-refractivity contribution >= 4 is 10.8 Å². The Balaban J connectivity index is 1.81. The van der Waals surface area contributed by atoms with Crippen LogP contribution < -0.4 is 5.56 Å². The Morgan fingerprint density at radius 3 is 2.55 bits per heavy atom. The molecule has 118 valence electrons. The lowest BCUT2D eigenvalue weighted by atomic mass is 9.92. The lowest BCUT2D eigenvalue weighted by molar-refractivity contribution is 0.0587. The average molecular weight is 301 g/mol. The van der Waals surface area contributed by atoms with E-state index in [2.05, 4.69) is 10.00 Å². The zero-order valence-electron chi connectivity index (χ0n) is 13.2. The van der Waals surface area contributed by atoms with Crippen LogP contribution in [0.25, 0.3) is 10.8 Å². The first kappa shape index (κ1) is 15.2. The summed E-state index contributed by atoms with van der Waals surface area (Å²) in [6.07, 6.45) is 1.70. The van der Waals surface area contributed by atoms with E-state index in [4.69, 9.17) is 0 Å². The summed E-state index contributed by atoms with van der Waals surface area (Å²) in [5.74, 6) is 0.374. The minimum absolute atomic E-state index is 0.0288. The quantitative estimate of drug-likeness (QED) is 0.938. The molecule has 2 aromatic rings. The van der Waals surface area contributed by atoms with Crippen LogP contribution in [0.5, 0.6) is 0 Å².